The summed E-state index contributed by atoms with van der Waals surface area (Å²) in [7, 11) is -3.70. The number of carbonyl (C=O) groups excluding carboxylic acids is 1. The first-order chi connectivity index (χ1) is 17.9. The fourth-order valence-electron chi connectivity index (χ4n) is 5.49. The predicted octanol–water partition coefficient (Wildman–Crippen LogP) is 3.16. The highest BCUT2D eigenvalue weighted by Gasteiger charge is 2.27. The van der Waals surface area contributed by atoms with E-state index in [9.17, 15) is 18.3 Å². The summed E-state index contributed by atoms with van der Waals surface area (Å²) >= 11 is 0. The van der Waals surface area contributed by atoms with Gasteiger partial charge in [-0.05, 0) is 80.4 Å². The fraction of sp³-hybridized carbons (Fsp3) is 0.536. The minimum Gasteiger partial charge on any atom is -0.486 e. The summed E-state index contributed by atoms with van der Waals surface area (Å²) in [6, 6.07) is 10.8. The monoisotopic (exact) mass is 528 g/mol. The average Bonchev–Trinajstić information content (AvgIpc) is 2.92. The third-order valence-corrected chi connectivity index (χ3v) is 9.27. The number of ether oxygens (including phenoxy) is 2. The van der Waals surface area contributed by atoms with Crippen molar-refractivity contribution < 1.29 is 27.8 Å². The van der Waals surface area contributed by atoms with Gasteiger partial charge in [0.2, 0.25) is 5.91 Å². The van der Waals surface area contributed by atoms with E-state index in [4.69, 9.17) is 9.47 Å². The highest BCUT2D eigenvalue weighted by Crippen LogP contribution is 2.33. The van der Waals surface area contributed by atoms with Gasteiger partial charge < -0.3 is 19.9 Å². The van der Waals surface area contributed by atoms with Crippen LogP contribution in [0.4, 0.5) is 0 Å². The van der Waals surface area contributed by atoms with Crippen LogP contribution >= 0.6 is 0 Å². The Labute approximate surface area is 218 Å². The van der Waals surface area contributed by atoms with Crippen LogP contribution in [0.2, 0.25) is 0 Å². The van der Waals surface area contributed by atoms with E-state index in [0.29, 0.717) is 24.7 Å². The SMILES string of the molecule is O=C(N[C@@H]1CCCc2cc(CN3CCCCC3)ccc21)[C@H](O)CCS(=O)(=O)c1ccc2c(c1)OCCO2. The largest absolute Gasteiger partial charge is 0.486 e. The Balaban J connectivity index is 1.17. The number of rotatable bonds is 8. The van der Waals surface area contributed by atoms with E-state index in [0.717, 1.165) is 44.5 Å². The number of piperidine rings is 1. The lowest BCUT2D eigenvalue weighted by molar-refractivity contribution is -0.130. The molecule has 1 fully saturated rings. The maximum atomic E-state index is 12.8. The summed E-state index contributed by atoms with van der Waals surface area (Å²) in [6.45, 7) is 4.04. The molecule has 37 heavy (non-hydrogen) atoms. The van der Waals surface area contributed by atoms with Gasteiger partial charge >= 0.3 is 0 Å². The second kappa shape index (κ2) is 11.4. The maximum absolute atomic E-state index is 12.8. The van der Waals surface area contributed by atoms with Gasteiger partial charge in [0, 0.05) is 12.6 Å². The predicted molar refractivity (Wildman–Crippen MR) is 140 cm³/mol. The van der Waals surface area contributed by atoms with Gasteiger partial charge in [0.1, 0.15) is 19.3 Å². The molecule has 8 nitrogen and oxygen atoms in total. The van der Waals surface area contributed by atoms with Gasteiger partial charge in [-0.2, -0.15) is 0 Å². The number of hydrogen-bond donors (Lipinski definition) is 2. The third kappa shape index (κ3) is 6.27. The zero-order chi connectivity index (χ0) is 25.8. The first-order valence-electron chi connectivity index (χ1n) is 13.3. The quantitative estimate of drug-likeness (QED) is 0.542. The number of nitrogens with zero attached hydrogens (tertiary/aromatic N) is 1. The average molecular weight is 529 g/mol. The van der Waals surface area contributed by atoms with Crippen molar-refractivity contribution in [3.8, 4) is 11.5 Å². The molecular formula is C28H36N2O6S. The molecule has 1 amide bonds. The van der Waals surface area contributed by atoms with Crippen LogP contribution < -0.4 is 14.8 Å². The second-order valence-corrected chi connectivity index (χ2v) is 12.4. The molecule has 200 valence electrons. The molecule has 5 rings (SSSR count). The normalized spacial score (nSPS) is 20.6. The van der Waals surface area contributed by atoms with Crippen LogP contribution in [0.5, 0.6) is 11.5 Å². The molecule has 2 aromatic rings. The van der Waals surface area contributed by atoms with Crippen molar-refractivity contribution in [2.24, 2.45) is 0 Å². The van der Waals surface area contributed by atoms with Crippen LogP contribution in [0.1, 0.15) is 61.3 Å². The number of aryl methyl sites for hydroxylation is 1. The van der Waals surface area contributed by atoms with Crippen LogP contribution in [0.3, 0.4) is 0 Å². The summed E-state index contributed by atoms with van der Waals surface area (Å²) in [5, 5.41) is 13.5. The Kier molecular flexibility index (Phi) is 8.02. The Bertz CT molecular complexity index is 1230. The molecule has 0 radical (unpaired) electrons. The molecule has 2 aromatic carbocycles. The number of nitrogens with one attached hydrogen (secondary N) is 1. The van der Waals surface area contributed by atoms with Gasteiger partial charge in [0.25, 0.3) is 0 Å². The second-order valence-electron chi connectivity index (χ2n) is 10.3. The van der Waals surface area contributed by atoms with Crippen LogP contribution in [-0.2, 0) is 27.6 Å². The Morgan fingerprint density at radius 3 is 2.62 bits per heavy atom. The fourth-order valence-corrected chi connectivity index (χ4v) is 6.82. The summed E-state index contributed by atoms with van der Waals surface area (Å²) in [4.78, 5) is 15.4. The first-order valence-corrected chi connectivity index (χ1v) is 15.0. The van der Waals surface area contributed by atoms with Crippen LogP contribution in [0, 0.1) is 0 Å². The van der Waals surface area contributed by atoms with Gasteiger partial charge in [0.15, 0.2) is 21.3 Å². The molecular weight excluding hydrogens is 492 g/mol. The maximum Gasteiger partial charge on any atom is 0.249 e. The molecule has 2 aliphatic heterocycles. The van der Waals surface area contributed by atoms with Gasteiger partial charge in [-0.25, -0.2) is 8.42 Å². The number of hydrogen-bond acceptors (Lipinski definition) is 7. The molecule has 0 bridgehead atoms. The first kappa shape index (κ1) is 26.0. The summed E-state index contributed by atoms with van der Waals surface area (Å²) in [6.07, 6.45) is 4.99. The standard InChI is InChI=1S/C28H36N2O6S/c31-25(11-16-37(33,34)22-8-10-26-27(18-22)36-15-14-35-26)28(32)29-24-6-4-5-21-17-20(7-9-23(21)24)19-30-12-2-1-3-13-30/h7-10,17-18,24-25,31H,1-6,11-16,19H2,(H,29,32)/t24-,25-/m1/s1. The number of likely N-dealkylation sites (tertiary alicyclic amines) is 1. The molecule has 3 aliphatic rings. The topological polar surface area (TPSA) is 105 Å². The number of carbonyl (C=O) groups is 1. The van der Waals surface area contributed by atoms with Gasteiger partial charge in [-0.15, -0.1) is 0 Å². The molecule has 0 saturated carbocycles. The van der Waals surface area contributed by atoms with Crippen molar-refractivity contribution in [2.45, 2.75) is 68.5 Å². The lowest BCUT2D eigenvalue weighted by atomic mass is 9.86. The molecule has 2 atom stereocenters. The van der Waals surface area contributed by atoms with Crippen LogP contribution in [0.15, 0.2) is 41.3 Å². The molecule has 2 heterocycles. The van der Waals surface area contributed by atoms with Gasteiger partial charge in [-0.3, -0.25) is 9.69 Å². The van der Waals surface area contributed by atoms with E-state index < -0.39 is 21.8 Å². The third-order valence-electron chi connectivity index (χ3n) is 7.53. The number of sulfone groups is 1. The lowest BCUT2D eigenvalue weighted by Gasteiger charge is -2.29. The molecule has 1 saturated heterocycles. The summed E-state index contributed by atoms with van der Waals surface area (Å²) < 4.78 is 36.6. The lowest BCUT2D eigenvalue weighted by Crippen LogP contribution is -2.39. The van der Waals surface area contributed by atoms with E-state index in [1.165, 1.54) is 42.5 Å². The van der Waals surface area contributed by atoms with Gasteiger partial charge in [0.05, 0.1) is 16.7 Å². The molecule has 2 N–H and O–H groups in total. The molecule has 1 aliphatic carbocycles. The summed E-state index contributed by atoms with van der Waals surface area (Å²) in [5.41, 5.74) is 3.65. The van der Waals surface area contributed by atoms with Crippen molar-refractivity contribution in [3.63, 3.8) is 0 Å². The minimum atomic E-state index is -3.70. The highest BCUT2D eigenvalue weighted by molar-refractivity contribution is 7.91. The molecule has 0 unspecified atom stereocenters. The Morgan fingerprint density at radius 1 is 1.03 bits per heavy atom. The zero-order valence-corrected chi connectivity index (χ0v) is 22.0. The summed E-state index contributed by atoms with van der Waals surface area (Å²) in [5.74, 6) is 0.0202. The van der Waals surface area contributed by atoms with Crippen molar-refractivity contribution in [1.29, 1.82) is 0 Å². The van der Waals surface area contributed by atoms with Crippen LogP contribution in [0.25, 0.3) is 0 Å². The van der Waals surface area contributed by atoms with Crippen molar-refractivity contribution >= 4 is 15.7 Å². The van der Waals surface area contributed by atoms with E-state index in [1.54, 1.807) is 6.07 Å². The number of amides is 1. The number of fused-ring (bicyclic) bond motifs is 2. The van der Waals surface area contributed by atoms with E-state index in [-0.39, 0.29) is 23.1 Å². The van der Waals surface area contributed by atoms with Crippen molar-refractivity contribution in [3.05, 3.63) is 53.1 Å². The number of benzene rings is 2. The van der Waals surface area contributed by atoms with Crippen LogP contribution in [-0.4, -0.2) is 62.5 Å². The molecule has 0 aromatic heterocycles. The van der Waals surface area contributed by atoms with E-state index in [1.807, 2.05) is 0 Å². The highest BCUT2D eigenvalue weighted by atomic mass is 32.2. The zero-order valence-electron chi connectivity index (χ0n) is 21.2. The Hall–Kier alpha value is -2.62. The minimum absolute atomic E-state index is 0.0888. The van der Waals surface area contributed by atoms with E-state index >= 15 is 0 Å². The molecule has 9 heteroatoms. The smallest absolute Gasteiger partial charge is 0.249 e. The number of aliphatic hydroxyl groups is 1. The number of aliphatic hydroxyl groups excluding tert-OH is 1. The van der Waals surface area contributed by atoms with E-state index in [2.05, 4.69) is 28.4 Å². The Morgan fingerprint density at radius 2 is 1.81 bits per heavy atom. The van der Waals surface area contributed by atoms with Crippen molar-refractivity contribution in [1.82, 2.24) is 10.2 Å². The van der Waals surface area contributed by atoms with Gasteiger partial charge in [-0.1, -0.05) is 24.6 Å². The molecule has 0 spiro atoms. The van der Waals surface area contributed by atoms with Crippen molar-refractivity contribution in [2.75, 3.05) is 32.1 Å².